The molecule has 0 saturated heterocycles. The predicted molar refractivity (Wildman–Crippen MR) is 88.1 cm³/mol. The van der Waals surface area contributed by atoms with Crippen molar-refractivity contribution in [2.24, 2.45) is 0 Å². The van der Waals surface area contributed by atoms with Gasteiger partial charge in [0, 0.05) is 11.8 Å². The normalized spacial score (nSPS) is 10.9. The van der Waals surface area contributed by atoms with Crippen LogP contribution in [0.2, 0.25) is 0 Å². The Morgan fingerprint density at radius 1 is 1.04 bits per heavy atom. The Kier molecular flexibility index (Phi) is 3.35. The van der Waals surface area contributed by atoms with Crippen LogP contribution < -0.4 is 5.32 Å². The lowest BCUT2D eigenvalue weighted by atomic mass is 10.1. The van der Waals surface area contributed by atoms with Crippen molar-refractivity contribution >= 4 is 22.6 Å². The number of imidazole rings is 1. The molecule has 2 heterocycles. The Morgan fingerprint density at radius 3 is 2.62 bits per heavy atom. The fourth-order valence-electron chi connectivity index (χ4n) is 2.49. The standard InChI is InChI=1S/C18H12FN3O2/c19-15-10-9-14(24-15)17-21-13-8-4-7-12(16(13)22-17)18(23)20-11-5-2-1-3-6-11/h1-10H,(H,20,23)(H,21,22). The highest BCUT2D eigenvalue weighted by molar-refractivity contribution is 6.11. The van der Waals surface area contributed by atoms with E-state index in [0.717, 1.165) is 0 Å². The predicted octanol–water partition coefficient (Wildman–Crippen LogP) is 4.21. The number of amides is 1. The zero-order chi connectivity index (χ0) is 16.5. The van der Waals surface area contributed by atoms with Crippen molar-refractivity contribution in [3.05, 3.63) is 72.2 Å². The molecule has 0 aliphatic carbocycles. The van der Waals surface area contributed by atoms with E-state index < -0.39 is 6.01 Å². The molecule has 0 aliphatic heterocycles. The smallest absolute Gasteiger partial charge is 0.278 e. The van der Waals surface area contributed by atoms with Crippen LogP contribution in [0, 0.1) is 6.01 Å². The molecule has 5 nitrogen and oxygen atoms in total. The molecule has 0 aliphatic rings. The summed E-state index contributed by atoms with van der Waals surface area (Å²) in [6, 6.07) is 16.4. The first kappa shape index (κ1) is 14.2. The topological polar surface area (TPSA) is 70.9 Å². The lowest BCUT2D eigenvalue weighted by molar-refractivity contribution is 0.102. The van der Waals surface area contributed by atoms with E-state index in [4.69, 9.17) is 4.42 Å². The number of fused-ring (bicyclic) bond motifs is 1. The first-order valence-electron chi connectivity index (χ1n) is 7.31. The molecule has 0 unspecified atom stereocenters. The number of hydrogen-bond acceptors (Lipinski definition) is 3. The number of furan rings is 1. The van der Waals surface area contributed by atoms with E-state index >= 15 is 0 Å². The molecule has 0 atom stereocenters. The second-order valence-electron chi connectivity index (χ2n) is 5.21. The Balaban J connectivity index is 1.73. The molecule has 6 heteroatoms. The quantitative estimate of drug-likeness (QED) is 0.593. The van der Waals surface area contributed by atoms with Crippen LogP contribution in [0.25, 0.3) is 22.6 Å². The SMILES string of the molecule is O=C(Nc1ccccc1)c1cccc2[nH]c(-c3ccc(F)o3)nc12. The zero-order valence-corrected chi connectivity index (χ0v) is 12.4. The highest BCUT2D eigenvalue weighted by Gasteiger charge is 2.16. The van der Waals surface area contributed by atoms with Gasteiger partial charge in [-0.2, -0.15) is 4.39 Å². The van der Waals surface area contributed by atoms with E-state index in [9.17, 15) is 9.18 Å². The zero-order valence-electron chi connectivity index (χ0n) is 12.4. The van der Waals surface area contributed by atoms with E-state index in [1.54, 1.807) is 30.3 Å². The first-order chi connectivity index (χ1) is 11.7. The van der Waals surface area contributed by atoms with Crippen LogP contribution in [-0.4, -0.2) is 15.9 Å². The number of halogens is 1. The number of benzene rings is 2. The van der Waals surface area contributed by atoms with Crippen LogP contribution in [0.5, 0.6) is 0 Å². The summed E-state index contributed by atoms with van der Waals surface area (Å²) < 4.78 is 18.0. The summed E-state index contributed by atoms with van der Waals surface area (Å²) in [5.74, 6) is 0.377. The molecule has 24 heavy (non-hydrogen) atoms. The maximum atomic E-state index is 13.0. The molecule has 2 N–H and O–H groups in total. The van der Waals surface area contributed by atoms with Gasteiger partial charge in [0.1, 0.15) is 5.52 Å². The van der Waals surface area contributed by atoms with Crippen molar-refractivity contribution in [3.8, 4) is 11.6 Å². The number of para-hydroxylation sites is 2. The van der Waals surface area contributed by atoms with Crippen LogP contribution in [0.1, 0.15) is 10.4 Å². The summed E-state index contributed by atoms with van der Waals surface area (Å²) >= 11 is 0. The van der Waals surface area contributed by atoms with Crippen LogP contribution >= 0.6 is 0 Å². The minimum absolute atomic E-state index is 0.268. The van der Waals surface area contributed by atoms with Crippen LogP contribution in [0.15, 0.2) is 65.1 Å². The summed E-state index contributed by atoms with van der Waals surface area (Å²) in [6.45, 7) is 0. The largest absolute Gasteiger partial charge is 0.428 e. The number of nitrogens with one attached hydrogen (secondary N) is 2. The third-order valence-corrected chi connectivity index (χ3v) is 3.60. The van der Waals surface area contributed by atoms with Gasteiger partial charge in [0.05, 0.1) is 11.1 Å². The molecule has 118 valence electrons. The van der Waals surface area contributed by atoms with Gasteiger partial charge in [-0.1, -0.05) is 24.3 Å². The van der Waals surface area contributed by atoms with Crippen molar-refractivity contribution in [1.29, 1.82) is 0 Å². The maximum absolute atomic E-state index is 13.0. The maximum Gasteiger partial charge on any atom is 0.278 e. The number of carbonyl (C=O) groups excluding carboxylic acids is 1. The van der Waals surface area contributed by atoms with Gasteiger partial charge < -0.3 is 14.7 Å². The van der Waals surface area contributed by atoms with E-state index in [2.05, 4.69) is 15.3 Å². The molecular weight excluding hydrogens is 309 g/mol. The van der Waals surface area contributed by atoms with Gasteiger partial charge in [-0.15, -0.1) is 0 Å². The Labute approximate surface area is 136 Å². The number of anilines is 1. The second-order valence-corrected chi connectivity index (χ2v) is 5.21. The molecule has 0 bridgehead atoms. The minimum atomic E-state index is -0.687. The summed E-state index contributed by atoms with van der Waals surface area (Å²) in [5.41, 5.74) is 2.29. The van der Waals surface area contributed by atoms with E-state index in [1.165, 1.54) is 12.1 Å². The number of aromatic amines is 1. The second kappa shape index (κ2) is 5.66. The van der Waals surface area contributed by atoms with E-state index in [1.807, 2.05) is 18.2 Å². The Morgan fingerprint density at radius 2 is 1.88 bits per heavy atom. The molecule has 2 aromatic carbocycles. The van der Waals surface area contributed by atoms with Gasteiger partial charge in [0.25, 0.3) is 11.9 Å². The lowest BCUT2D eigenvalue weighted by Crippen LogP contribution is -2.12. The fraction of sp³-hybridized carbons (Fsp3) is 0. The van der Waals surface area contributed by atoms with Crippen molar-refractivity contribution in [3.63, 3.8) is 0 Å². The van der Waals surface area contributed by atoms with Gasteiger partial charge in [0.15, 0.2) is 11.6 Å². The summed E-state index contributed by atoms with van der Waals surface area (Å²) in [6.07, 6.45) is 0. The molecule has 4 rings (SSSR count). The highest BCUT2D eigenvalue weighted by Crippen LogP contribution is 2.24. The summed E-state index contributed by atoms with van der Waals surface area (Å²) in [7, 11) is 0. The van der Waals surface area contributed by atoms with Gasteiger partial charge in [-0.05, 0) is 30.3 Å². The van der Waals surface area contributed by atoms with Crippen LogP contribution in [0.4, 0.5) is 10.1 Å². The molecule has 1 amide bonds. The number of hydrogen-bond donors (Lipinski definition) is 2. The van der Waals surface area contributed by atoms with Crippen LogP contribution in [-0.2, 0) is 0 Å². The lowest BCUT2D eigenvalue weighted by Gasteiger charge is -2.05. The summed E-state index contributed by atoms with van der Waals surface area (Å²) in [5, 5.41) is 2.83. The van der Waals surface area contributed by atoms with Gasteiger partial charge in [-0.25, -0.2) is 4.98 Å². The first-order valence-corrected chi connectivity index (χ1v) is 7.31. The molecular formula is C18H12FN3O2. The van der Waals surface area contributed by atoms with Gasteiger partial charge >= 0.3 is 0 Å². The van der Waals surface area contributed by atoms with Crippen molar-refractivity contribution in [2.45, 2.75) is 0 Å². The monoisotopic (exact) mass is 321 g/mol. The highest BCUT2D eigenvalue weighted by atomic mass is 19.1. The van der Waals surface area contributed by atoms with Crippen molar-refractivity contribution in [1.82, 2.24) is 9.97 Å². The molecule has 0 fully saturated rings. The molecule has 0 radical (unpaired) electrons. The number of nitrogens with zero attached hydrogens (tertiary/aromatic N) is 1. The number of rotatable bonds is 3. The van der Waals surface area contributed by atoms with Crippen LogP contribution in [0.3, 0.4) is 0 Å². The average molecular weight is 321 g/mol. The van der Waals surface area contributed by atoms with Crippen molar-refractivity contribution in [2.75, 3.05) is 5.32 Å². The Bertz CT molecular complexity index is 1020. The third-order valence-electron chi connectivity index (χ3n) is 3.60. The van der Waals surface area contributed by atoms with Gasteiger partial charge in [-0.3, -0.25) is 4.79 Å². The average Bonchev–Trinajstić information content (AvgIpc) is 3.21. The molecule has 0 saturated carbocycles. The number of aromatic nitrogens is 2. The fourth-order valence-corrected chi connectivity index (χ4v) is 2.49. The van der Waals surface area contributed by atoms with E-state index in [0.29, 0.717) is 28.1 Å². The van der Waals surface area contributed by atoms with Gasteiger partial charge in [0.2, 0.25) is 0 Å². The third kappa shape index (κ3) is 2.54. The molecule has 4 aromatic rings. The minimum Gasteiger partial charge on any atom is -0.428 e. The van der Waals surface area contributed by atoms with E-state index in [-0.39, 0.29) is 11.7 Å². The number of H-pyrrole nitrogens is 1. The summed E-state index contributed by atoms with van der Waals surface area (Å²) in [4.78, 5) is 19.9. The number of carbonyl (C=O) groups is 1. The molecule has 0 spiro atoms. The molecule has 2 aromatic heterocycles. The van der Waals surface area contributed by atoms with Crippen molar-refractivity contribution < 1.29 is 13.6 Å². The Hall–Kier alpha value is -3.41.